The quantitative estimate of drug-likeness (QED) is 0.628. The third kappa shape index (κ3) is 3.28. The van der Waals surface area contributed by atoms with Crippen LogP contribution in [0.15, 0.2) is 29.3 Å². The molecule has 2 rings (SSSR count). The molecule has 0 saturated carbocycles. The first-order valence-electron chi connectivity index (χ1n) is 5.72. The molecule has 1 unspecified atom stereocenters. The topological polar surface area (TPSA) is 108 Å². The summed E-state index contributed by atoms with van der Waals surface area (Å²) in [5, 5.41) is 9.08. The van der Waals surface area contributed by atoms with Gasteiger partial charge >= 0.3 is 6.18 Å². The van der Waals surface area contributed by atoms with Crippen molar-refractivity contribution in [3.05, 3.63) is 24.4 Å². The van der Waals surface area contributed by atoms with E-state index in [1.165, 1.54) is 6.07 Å². The molecule has 0 aliphatic rings. The lowest BCUT2D eigenvalue weighted by Gasteiger charge is -2.14. The SMILES string of the molecule is Nc1ccc2[nH]cc(S(=O)(=O)NCC(O)C(F)(F)F)c2c1. The minimum absolute atomic E-state index is 0.237. The van der Waals surface area contributed by atoms with Crippen molar-refractivity contribution < 1.29 is 26.7 Å². The lowest BCUT2D eigenvalue weighted by atomic mass is 10.2. The first-order chi connectivity index (χ1) is 9.61. The number of H-pyrrole nitrogens is 1. The zero-order chi connectivity index (χ0) is 15.8. The van der Waals surface area contributed by atoms with Crippen molar-refractivity contribution in [3.8, 4) is 0 Å². The van der Waals surface area contributed by atoms with Gasteiger partial charge in [-0.3, -0.25) is 0 Å². The van der Waals surface area contributed by atoms with Gasteiger partial charge in [-0.05, 0) is 18.2 Å². The monoisotopic (exact) mass is 323 g/mol. The van der Waals surface area contributed by atoms with Crippen molar-refractivity contribution in [2.75, 3.05) is 12.3 Å². The van der Waals surface area contributed by atoms with Crippen molar-refractivity contribution in [1.29, 1.82) is 0 Å². The highest BCUT2D eigenvalue weighted by Crippen LogP contribution is 2.25. The Morgan fingerprint density at radius 3 is 2.67 bits per heavy atom. The number of nitrogen functional groups attached to an aromatic ring is 1. The molecule has 1 aromatic heterocycles. The summed E-state index contributed by atoms with van der Waals surface area (Å²) in [4.78, 5) is 2.44. The molecule has 0 bridgehead atoms. The number of alkyl halides is 3. The molecular formula is C11H12F3N3O3S. The molecule has 6 nitrogen and oxygen atoms in total. The molecule has 1 heterocycles. The molecule has 0 radical (unpaired) electrons. The summed E-state index contributed by atoms with van der Waals surface area (Å²) in [5.74, 6) is 0. The van der Waals surface area contributed by atoms with E-state index in [0.717, 1.165) is 6.20 Å². The van der Waals surface area contributed by atoms with Crippen molar-refractivity contribution in [2.45, 2.75) is 17.2 Å². The Hall–Kier alpha value is -1.78. The van der Waals surface area contributed by atoms with Crippen LogP contribution in [0.25, 0.3) is 10.9 Å². The van der Waals surface area contributed by atoms with E-state index in [-0.39, 0.29) is 10.3 Å². The van der Waals surface area contributed by atoms with E-state index in [9.17, 15) is 21.6 Å². The van der Waals surface area contributed by atoms with Crippen molar-refractivity contribution in [3.63, 3.8) is 0 Å². The molecule has 0 spiro atoms. The van der Waals surface area contributed by atoms with Gasteiger partial charge in [0.1, 0.15) is 4.90 Å². The van der Waals surface area contributed by atoms with Crippen LogP contribution in [-0.4, -0.2) is 37.3 Å². The van der Waals surface area contributed by atoms with Gasteiger partial charge < -0.3 is 15.8 Å². The van der Waals surface area contributed by atoms with Gasteiger partial charge in [-0.25, -0.2) is 13.1 Å². The van der Waals surface area contributed by atoms with Crippen LogP contribution in [0.2, 0.25) is 0 Å². The van der Waals surface area contributed by atoms with Gasteiger partial charge in [0.25, 0.3) is 0 Å². The molecule has 21 heavy (non-hydrogen) atoms. The normalized spacial score (nSPS) is 14.5. The maximum atomic E-state index is 12.2. The predicted octanol–water partition coefficient (Wildman–Crippen LogP) is 0.952. The fraction of sp³-hybridized carbons (Fsp3) is 0.273. The van der Waals surface area contributed by atoms with E-state index in [2.05, 4.69) is 4.98 Å². The molecule has 0 amide bonds. The summed E-state index contributed by atoms with van der Waals surface area (Å²) in [6.07, 6.45) is -6.53. The van der Waals surface area contributed by atoms with Crippen LogP contribution in [0.4, 0.5) is 18.9 Å². The standard InChI is InChI=1S/C11H12F3N3O3S/c12-11(13,14)10(18)5-17-21(19,20)9-4-16-8-2-1-6(15)3-7(8)9/h1-4,10,16-18H,5,15H2. The minimum Gasteiger partial charge on any atom is -0.399 e. The Labute approximate surface area is 117 Å². The number of aliphatic hydroxyl groups is 1. The van der Waals surface area contributed by atoms with Gasteiger partial charge in [0.15, 0.2) is 6.10 Å². The second-order valence-corrected chi connectivity index (χ2v) is 6.10. The van der Waals surface area contributed by atoms with Crippen LogP contribution < -0.4 is 10.5 Å². The number of aromatic nitrogens is 1. The molecule has 2 aromatic rings. The third-order valence-corrected chi connectivity index (χ3v) is 4.27. The number of nitrogens with two attached hydrogens (primary N) is 1. The largest absolute Gasteiger partial charge is 0.415 e. The molecule has 0 aliphatic heterocycles. The fourth-order valence-corrected chi connectivity index (χ4v) is 2.92. The van der Waals surface area contributed by atoms with Gasteiger partial charge in [0, 0.05) is 29.3 Å². The smallest absolute Gasteiger partial charge is 0.399 e. The number of hydrogen-bond donors (Lipinski definition) is 4. The van der Waals surface area contributed by atoms with E-state index in [1.54, 1.807) is 16.9 Å². The minimum atomic E-state index is -4.90. The van der Waals surface area contributed by atoms with E-state index in [1.807, 2.05) is 0 Å². The summed E-state index contributed by atoms with van der Waals surface area (Å²) < 4.78 is 62.2. The van der Waals surface area contributed by atoms with Crippen molar-refractivity contribution >= 4 is 26.6 Å². The fourth-order valence-electron chi connectivity index (χ4n) is 1.72. The molecule has 10 heteroatoms. The summed E-state index contributed by atoms with van der Waals surface area (Å²) in [7, 11) is -4.21. The first-order valence-corrected chi connectivity index (χ1v) is 7.20. The molecule has 116 valence electrons. The average Bonchev–Trinajstić information content (AvgIpc) is 2.78. The zero-order valence-corrected chi connectivity index (χ0v) is 11.3. The Balaban J connectivity index is 2.28. The summed E-state index contributed by atoms with van der Waals surface area (Å²) >= 11 is 0. The van der Waals surface area contributed by atoms with Crippen LogP contribution in [0.5, 0.6) is 0 Å². The highest BCUT2D eigenvalue weighted by molar-refractivity contribution is 7.89. The van der Waals surface area contributed by atoms with Crippen molar-refractivity contribution in [1.82, 2.24) is 9.71 Å². The van der Waals surface area contributed by atoms with Gasteiger partial charge in [0.2, 0.25) is 10.0 Å². The molecule has 1 atom stereocenters. The highest BCUT2D eigenvalue weighted by Gasteiger charge is 2.38. The third-order valence-electron chi connectivity index (χ3n) is 2.80. The number of aromatic amines is 1. The number of halogens is 3. The number of rotatable bonds is 4. The summed E-state index contributed by atoms with van der Waals surface area (Å²) in [6.45, 7) is -1.17. The predicted molar refractivity (Wildman–Crippen MR) is 70.0 cm³/mol. The number of benzene rings is 1. The lowest BCUT2D eigenvalue weighted by Crippen LogP contribution is -2.40. The Bertz CT molecular complexity index is 755. The first kappa shape index (κ1) is 15.6. The molecule has 1 aromatic carbocycles. The van der Waals surface area contributed by atoms with Crippen molar-refractivity contribution in [2.24, 2.45) is 0 Å². The van der Waals surface area contributed by atoms with Crippen LogP contribution >= 0.6 is 0 Å². The number of hydrogen-bond acceptors (Lipinski definition) is 4. The Morgan fingerprint density at radius 2 is 2.05 bits per heavy atom. The second kappa shape index (κ2) is 5.20. The maximum Gasteiger partial charge on any atom is 0.415 e. The van der Waals surface area contributed by atoms with Gasteiger partial charge in [-0.1, -0.05) is 0 Å². The van der Waals surface area contributed by atoms with Gasteiger partial charge in [-0.2, -0.15) is 13.2 Å². The lowest BCUT2D eigenvalue weighted by molar-refractivity contribution is -0.200. The Morgan fingerprint density at radius 1 is 1.38 bits per heavy atom. The maximum absolute atomic E-state index is 12.2. The molecule has 0 aliphatic carbocycles. The van der Waals surface area contributed by atoms with Crippen LogP contribution in [-0.2, 0) is 10.0 Å². The summed E-state index contributed by atoms with van der Waals surface area (Å²) in [5.41, 5.74) is 6.34. The molecular weight excluding hydrogens is 311 g/mol. The number of nitrogens with one attached hydrogen (secondary N) is 2. The molecule has 5 N–H and O–H groups in total. The Kier molecular flexibility index (Phi) is 3.87. The second-order valence-electron chi connectivity index (χ2n) is 4.37. The average molecular weight is 323 g/mol. The van der Waals surface area contributed by atoms with Gasteiger partial charge in [-0.15, -0.1) is 0 Å². The number of anilines is 1. The highest BCUT2D eigenvalue weighted by atomic mass is 32.2. The molecule has 0 fully saturated rings. The van der Waals surface area contributed by atoms with E-state index >= 15 is 0 Å². The number of sulfonamides is 1. The number of fused-ring (bicyclic) bond motifs is 1. The van der Waals surface area contributed by atoms with Crippen LogP contribution in [0.1, 0.15) is 0 Å². The zero-order valence-electron chi connectivity index (χ0n) is 10.5. The van der Waals surface area contributed by atoms with Crippen LogP contribution in [0, 0.1) is 0 Å². The van der Waals surface area contributed by atoms with Crippen LogP contribution in [0.3, 0.4) is 0 Å². The van der Waals surface area contributed by atoms with E-state index < -0.39 is 28.8 Å². The van der Waals surface area contributed by atoms with E-state index in [4.69, 9.17) is 10.8 Å². The van der Waals surface area contributed by atoms with Gasteiger partial charge in [0.05, 0.1) is 0 Å². The molecule has 0 saturated heterocycles. The number of aliphatic hydroxyl groups excluding tert-OH is 1. The summed E-state index contributed by atoms with van der Waals surface area (Å²) in [6, 6.07) is 4.49. The van der Waals surface area contributed by atoms with E-state index in [0.29, 0.717) is 11.2 Å².